The third-order valence-corrected chi connectivity index (χ3v) is 2.21. The molecule has 0 saturated carbocycles. The molecule has 0 amide bonds. The van der Waals surface area contributed by atoms with Crippen LogP contribution in [0.4, 0.5) is 0 Å². The van der Waals surface area contributed by atoms with Crippen LogP contribution in [0, 0.1) is 0 Å². The van der Waals surface area contributed by atoms with Crippen LogP contribution in [0.1, 0.15) is 10.4 Å². The molecule has 0 fully saturated rings. The number of benzene rings is 2. The predicted molar refractivity (Wildman–Crippen MR) is 51.6 cm³/mol. The van der Waals surface area contributed by atoms with Gasteiger partial charge in [0.15, 0.2) is 0 Å². The molecular weight excluding hydrogens is 219 g/mol. The van der Waals surface area contributed by atoms with Crippen molar-refractivity contribution < 1.29 is 49.7 Å². The van der Waals surface area contributed by atoms with E-state index in [4.69, 9.17) is 0 Å². The molecular formula is C11H7NaO4. The van der Waals surface area contributed by atoms with Gasteiger partial charge >= 0.3 is 29.6 Å². The Labute approximate surface area is 113 Å². The van der Waals surface area contributed by atoms with Gasteiger partial charge in [-0.25, -0.2) is 0 Å². The van der Waals surface area contributed by atoms with Crippen LogP contribution in [0.3, 0.4) is 0 Å². The van der Waals surface area contributed by atoms with E-state index in [9.17, 15) is 20.1 Å². The van der Waals surface area contributed by atoms with Crippen LogP contribution in [0.2, 0.25) is 0 Å². The first-order chi connectivity index (χ1) is 7.11. The summed E-state index contributed by atoms with van der Waals surface area (Å²) in [4.78, 5) is 10.6. The van der Waals surface area contributed by atoms with E-state index in [1.807, 2.05) is 0 Å². The average Bonchev–Trinajstić information content (AvgIpc) is 2.23. The first-order valence-electron chi connectivity index (χ1n) is 4.26. The molecule has 2 N–H and O–H groups in total. The number of hydrogen-bond donors (Lipinski definition) is 2. The monoisotopic (exact) mass is 226 g/mol. The van der Waals surface area contributed by atoms with E-state index in [-0.39, 0.29) is 46.4 Å². The quantitative estimate of drug-likeness (QED) is 0.420. The summed E-state index contributed by atoms with van der Waals surface area (Å²) in [6.45, 7) is 0. The van der Waals surface area contributed by atoms with Crippen molar-refractivity contribution in [1.29, 1.82) is 0 Å². The number of aromatic hydroxyl groups is 2. The van der Waals surface area contributed by atoms with E-state index in [0.717, 1.165) is 6.07 Å². The van der Waals surface area contributed by atoms with Gasteiger partial charge in [0, 0.05) is 16.3 Å². The number of carboxylic acids is 1. The molecule has 0 unspecified atom stereocenters. The fourth-order valence-corrected chi connectivity index (χ4v) is 1.50. The summed E-state index contributed by atoms with van der Waals surface area (Å²) in [5, 5.41) is 30.5. The SMILES string of the molecule is O=C([O-])c1cc(O)c2ccccc2c1O.[Na+]. The molecule has 5 heteroatoms. The predicted octanol–water partition coefficient (Wildman–Crippen LogP) is -2.38. The van der Waals surface area contributed by atoms with Gasteiger partial charge in [-0.3, -0.25) is 0 Å². The van der Waals surface area contributed by atoms with Gasteiger partial charge in [0.25, 0.3) is 0 Å². The van der Waals surface area contributed by atoms with E-state index >= 15 is 0 Å². The Morgan fingerprint density at radius 2 is 1.69 bits per heavy atom. The number of phenols is 2. The molecule has 0 aromatic heterocycles. The summed E-state index contributed by atoms with van der Waals surface area (Å²) in [5.74, 6) is -2.10. The summed E-state index contributed by atoms with van der Waals surface area (Å²) in [6, 6.07) is 7.41. The average molecular weight is 226 g/mol. The largest absolute Gasteiger partial charge is 1.00 e. The van der Waals surface area contributed by atoms with E-state index < -0.39 is 11.5 Å². The first-order valence-corrected chi connectivity index (χ1v) is 4.26. The Morgan fingerprint density at radius 1 is 1.12 bits per heavy atom. The van der Waals surface area contributed by atoms with Crippen molar-refractivity contribution in [3.05, 3.63) is 35.9 Å². The fraction of sp³-hybridized carbons (Fsp3) is 0. The van der Waals surface area contributed by atoms with Gasteiger partial charge in [0.2, 0.25) is 0 Å². The van der Waals surface area contributed by atoms with Crippen LogP contribution in [0.25, 0.3) is 10.8 Å². The maximum absolute atomic E-state index is 10.6. The molecule has 16 heavy (non-hydrogen) atoms. The van der Waals surface area contributed by atoms with Crippen molar-refractivity contribution in [2.24, 2.45) is 0 Å². The Balaban J connectivity index is 0.00000128. The normalized spacial score (nSPS) is 9.75. The second-order valence-corrected chi connectivity index (χ2v) is 3.12. The van der Waals surface area contributed by atoms with Gasteiger partial charge in [-0.15, -0.1) is 0 Å². The maximum atomic E-state index is 10.6. The van der Waals surface area contributed by atoms with Gasteiger partial charge in [-0.1, -0.05) is 24.3 Å². The standard InChI is InChI=1S/C11H8O4.Na/c12-9-5-8(11(14)15)10(13)7-4-2-1-3-6(7)9;/h1-5,12-13H,(H,14,15);/q;+1/p-1. The van der Waals surface area contributed by atoms with Gasteiger partial charge in [0.1, 0.15) is 11.5 Å². The van der Waals surface area contributed by atoms with E-state index in [0.29, 0.717) is 5.39 Å². The molecule has 76 valence electrons. The maximum Gasteiger partial charge on any atom is 1.00 e. The minimum Gasteiger partial charge on any atom is -0.545 e. The Kier molecular flexibility index (Phi) is 3.80. The molecule has 0 radical (unpaired) electrons. The molecule has 2 rings (SSSR count). The van der Waals surface area contributed by atoms with Crippen LogP contribution in [-0.2, 0) is 0 Å². The van der Waals surface area contributed by atoms with Gasteiger partial charge in [-0.05, 0) is 6.07 Å². The van der Waals surface area contributed by atoms with Gasteiger partial charge < -0.3 is 20.1 Å². The fourth-order valence-electron chi connectivity index (χ4n) is 1.50. The van der Waals surface area contributed by atoms with E-state index in [1.165, 1.54) is 6.07 Å². The number of carbonyl (C=O) groups excluding carboxylic acids is 1. The molecule has 0 aliphatic rings. The zero-order valence-corrected chi connectivity index (χ0v) is 10.6. The smallest absolute Gasteiger partial charge is 0.545 e. The molecule has 4 nitrogen and oxygen atoms in total. The molecule has 0 saturated heterocycles. The molecule has 2 aromatic rings. The Hall–Kier alpha value is -1.23. The van der Waals surface area contributed by atoms with E-state index in [2.05, 4.69) is 0 Å². The molecule has 0 aliphatic heterocycles. The number of fused-ring (bicyclic) bond motifs is 1. The van der Waals surface area contributed by atoms with Crippen molar-refractivity contribution in [3.8, 4) is 11.5 Å². The van der Waals surface area contributed by atoms with Gasteiger partial charge in [-0.2, -0.15) is 0 Å². The molecule has 0 bridgehead atoms. The summed E-state index contributed by atoms with van der Waals surface area (Å²) in [5.41, 5.74) is -0.411. The molecule has 0 atom stereocenters. The second-order valence-electron chi connectivity index (χ2n) is 3.12. The van der Waals surface area contributed by atoms with Crippen molar-refractivity contribution in [2.75, 3.05) is 0 Å². The summed E-state index contributed by atoms with van der Waals surface area (Å²) < 4.78 is 0. The minimum absolute atomic E-state index is 0. The van der Waals surface area contributed by atoms with Crippen molar-refractivity contribution in [1.82, 2.24) is 0 Å². The number of hydrogen-bond acceptors (Lipinski definition) is 4. The third-order valence-electron chi connectivity index (χ3n) is 2.21. The van der Waals surface area contributed by atoms with Crippen molar-refractivity contribution in [2.45, 2.75) is 0 Å². The van der Waals surface area contributed by atoms with Gasteiger partial charge in [0.05, 0.1) is 5.97 Å². The molecule has 2 aromatic carbocycles. The van der Waals surface area contributed by atoms with Crippen molar-refractivity contribution in [3.63, 3.8) is 0 Å². The molecule has 0 spiro atoms. The van der Waals surface area contributed by atoms with Crippen LogP contribution in [0.5, 0.6) is 11.5 Å². The number of carboxylic acid groups (broad SMARTS) is 1. The van der Waals surface area contributed by atoms with Crippen molar-refractivity contribution >= 4 is 16.7 Å². The minimum atomic E-state index is -1.52. The number of aromatic carboxylic acids is 1. The van der Waals surface area contributed by atoms with E-state index in [1.54, 1.807) is 18.2 Å². The Bertz CT molecular complexity index is 551. The van der Waals surface area contributed by atoms with Crippen LogP contribution >= 0.6 is 0 Å². The van der Waals surface area contributed by atoms with Crippen LogP contribution in [0.15, 0.2) is 30.3 Å². The number of carbonyl (C=O) groups is 1. The molecule has 0 heterocycles. The van der Waals surface area contributed by atoms with Crippen LogP contribution < -0.4 is 34.7 Å². The third kappa shape index (κ3) is 2.00. The number of rotatable bonds is 1. The zero-order chi connectivity index (χ0) is 11.0. The summed E-state index contributed by atoms with van der Waals surface area (Å²) in [7, 11) is 0. The second kappa shape index (κ2) is 4.74. The summed E-state index contributed by atoms with van der Waals surface area (Å²) >= 11 is 0. The zero-order valence-electron chi connectivity index (χ0n) is 8.60. The Morgan fingerprint density at radius 3 is 2.25 bits per heavy atom. The summed E-state index contributed by atoms with van der Waals surface area (Å²) in [6.07, 6.45) is 0. The van der Waals surface area contributed by atoms with Crippen LogP contribution in [-0.4, -0.2) is 16.2 Å². The first kappa shape index (κ1) is 12.8. The number of phenolic OH excluding ortho intramolecular Hbond substituents is 1. The topological polar surface area (TPSA) is 80.6 Å². The molecule has 0 aliphatic carbocycles.